The van der Waals surface area contributed by atoms with Crippen LogP contribution in [0.15, 0.2) is 48.8 Å². The Morgan fingerprint density at radius 3 is 2.58 bits per heavy atom. The van der Waals surface area contributed by atoms with Crippen LogP contribution in [0.3, 0.4) is 0 Å². The number of nitrogens with two attached hydrogens (primary N) is 1. The van der Waals surface area contributed by atoms with Crippen molar-refractivity contribution in [3.8, 4) is 5.75 Å². The SMILES string of the molecule is CC(N)Cc1ccc(OCCc2cccnc2)cc1. The molecule has 3 heteroatoms. The van der Waals surface area contributed by atoms with Crippen LogP contribution in [-0.2, 0) is 12.8 Å². The van der Waals surface area contributed by atoms with Crippen molar-refractivity contribution in [2.75, 3.05) is 6.61 Å². The lowest BCUT2D eigenvalue weighted by Crippen LogP contribution is -2.17. The van der Waals surface area contributed by atoms with Crippen molar-refractivity contribution in [2.45, 2.75) is 25.8 Å². The van der Waals surface area contributed by atoms with Gasteiger partial charge < -0.3 is 10.5 Å². The molecule has 0 aliphatic carbocycles. The summed E-state index contributed by atoms with van der Waals surface area (Å²) in [5.41, 5.74) is 8.21. The van der Waals surface area contributed by atoms with Gasteiger partial charge in [-0.25, -0.2) is 0 Å². The van der Waals surface area contributed by atoms with Crippen LogP contribution >= 0.6 is 0 Å². The summed E-state index contributed by atoms with van der Waals surface area (Å²) >= 11 is 0. The van der Waals surface area contributed by atoms with Gasteiger partial charge in [0.25, 0.3) is 0 Å². The summed E-state index contributed by atoms with van der Waals surface area (Å²) in [5.74, 6) is 0.900. The smallest absolute Gasteiger partial charge is 0.119 e. The number of nitrogens with zero attached hydrogens (tertiary/aromatic N) is 1. The Morgan fingerprint density at radius 2 is 1.95 bits per heavy atom. The molecule has 2 aromatic rings. The van der Waals surface area contributed by atoms with Gasteiger partial charge in [0.15, 0.2) is 0 Å². The molecule has 1 aromatic heterocycles. The van der Waals surface area contributed by atoms with Gasteiger partial charge in [0.2, 0.25) is 0 Å². The van der Waals surface area contributed by atoms with E-state index in [0.29, 0.717) is 6.61 Å². The molecule has 3 nitrogen and oxygen atoms in total. The quantitative estimate of drug-likeness (QED) is 0.864. The summed E-state index contributed by atoms with van der Waals surface area (Å²) in [6.45, 7) is 2.68. The third kappa shape index (κ3) is 4.72. The molecule has 100 valence electrons. The first-order chi connectivity index (χ1) is 9.24. The molecule has 2 rings (SSSR count). The van der Waals surface area contributed by atoms with E-state index in [4.69, 9.17) is 10.5 Å². The highest BCUT2D eigenvalue weighted by atomic mass is 16.5. The van der Waals surface area contributed by atoms with E-state index in [1.807, 2.05) is 31.3 Å². The van der Waals surface area contributed by atoms with E-state index in [9.17, 15) is 0 Å². The molecule has 0 amide bonds. The Labute approximate surface area is 114 Å². The largest absolute Gasteiger partial charge is 0.493 e. The second kappa shape index (κ2) is 6.90. The second-order valence-corrected chi connectivity index (χ2v) is 4.79. The first-order valence-electron chi connectivity index (χ1n) is 6.60. The van der Waals surface area contributed by atoms with Crippen LogP contribution in [-0.4, -0.2) is 17.6 Å². The van der Waals surface area contributed by atoms with Crippen LogP contribution in [0.1, 0.15) is 18.1 Å². The normalized spacial score (nSPS) is 12.1. The summed E-state index contributed by atoms with van der Waals surface area (Å²) in [4.78, 5) is 4.08. The third-order valence-corrected chi connectivity index (χ3v) is 2.86. The maximum atomic E-state index is 5.77. The Kier molecular flexibility index (Phi) is 4.93. The average molecular weight is 256 g/mol. The van der Waals surface area contributed by atoms with Crippen LogP contribution < -0.4 is 10.5 Å². The number of ether oxygens (including phenoxy) is 1. The van der Waals surface area contributed by atoms with Gasteiger partial charge in [0.05, 0.1) is 6.61 Å². The molecule has 2 N–H and O–H groups in total. The lowest BCUT2D eigenvalue weighted by atomic mass is 10.1. The summed E-state index contributed by atoms with van der Waals surface area (Å²) in [6.07, 6.45) is 5.42. The zero-order valence-electron chi connectivity index (χ0n) is 11.3. The fourth-order valence-corrected chi connectivity index (χ4v) is 1.93. The van der Waals surface area contributed by atoms with Crippen LogP contribution in [0.5, 0.6) is 5.75 Å². The lowest BCUT2D eigenvalue weighted by molar-refractivity contribution is 0.321. The van der Waals surface area contributed by atoms with Crippen LogP contribution in [0.25, 0.3) is 0 Å². The van der Waals surface area contributed by atoms with E-state index in [1.54, 1.807) is 6.20 Å². The molecule has 0 spiro atoms. The molecule has 0 aliphatic rings. The first-order valence-corrected chi connectivity index (χ1v) is 6.60. The van der Waals surface area contributed by atoms with Gasteiger partial charge in [0, 0.05) is 24.9 Å². The van der Waals surface area contributed by atoms with Crippen LogP contribution in [0.4, 0.5) is 0 Å². The van der Waals surface area contributed by atoms with E-state index in [-0.39, 0.29) is 6.04 Å². The predicted octanol–water partition coefficient (Wildman–Crippen LogP) is 2.59. The molecule has 0 radical (unpaired) electrons. The van der Waals surface area contributed by atoms with Crippen molar-refractivity contribution in [3.63, 3.8) is 0 Å². The van der Waals surface area contributed by atoms with Gasteiger partial charge in [-0.2, -0.15) is 0 Å². The van der Waals surface area contributed by atoms with Crippen molar-refractivity contribution in [1.82, 2.24) is 4.98 Å². The third-order valence-electron chi connectivity index (χ3n) is 2.86. The summed E-state index contributed by atoms with van der Waals surface area (Å²) in [7, 11) is 0. The number of aromatic nitrogens is 1. The first kappa shape index (κ1) is 13.6. The van der Waals surface area contributed by atoms with Gasteiger partial charge in [-0.05, 0) is 42.7 Å². The molecule has 0 fully saturated rings. The highest BCUT2D eigenvalue weighted by molar-refractivity contribution is 5.27. The predicted molar refractivity (Wildman–Crippen MR) is 77.2 cm³/mol. The van der Waals surface area contributed by atoms with Gasteiger partial charge in [-0.15, -0.1) is 0 Å². The van der Waals surface area contributed by atoms with E-state index in [2.05, 4.69) is 23.2 Å². The molecule has 0 saturated heterocycles. The summed E-state index contributed by atoms with van der Waals surface area (Å²) in [6, 6.07) is 12.3. The molecule has 1 atom stereocenters. The Balaban J connectivity index is 1.80. The van der Waals surface area contributed by atoms with Crippen molar-refractivity contribution in [3.05, 3.63) is 59.9 Å². The maximum Gasteiger partial charge on any atom is 0.119 e. The Morgan fingerprint density at radius 1 is 1.16 bits per heavy atom. The number of pyridine rings is 1. The minimum absolute atomic E-state index is 0.192. The minimum atomic E-state index is 0.192. The molecule has 0 bridgehead atoms. The van der Waals surface area contributed by atoms with E-state index in [1.165, 1.54) is 11.1 Å². The van der Waals surface area contributed by atoms with Crippen molar-refractivity contribution < 1.29 is 4.74 Å². The number of hydrogen-bond donors (Lipinski definition) is 1. The topological polar surface area (TPSA) is 48.1 Å². The fourth-order valence-electron chi connectivity index (χ4n) is 1.93. The molecule has 19 heavy (non-hydrogen) atoms. The van der Waals surface area contributed by atoms with Crippen molar-refractivity contribution in [1.29, 1.82) is 0 Å². The zero-order valence-corrected chi connectivity index (χ0v) is 11.3. The molecule has 0 aliphatic heterocycles. The lowest BCUT2D eigenvalue weighted by Gasteiger charge is -2.08. The Hall–Kier alpha value is -1.87. The van der Waals surface area contributed by atoms with Gasteiger partial charge in [-0.1, -0.05) is 18.2 Å². The summed E-state index contributed by atoms with van der Waals surface area (Å²) < 4.78 is 5.71. The van der Waals surface area contributed by atoms with Gasteiger partial charge in [0.1, 0.15) is 5.75 Å². The van der Waals surface area contributed by atoms with Crippen molar-refractivity contribution >= 4 is 0 Å². The molecule has 0 saturated carbocycles. The molecule has 1 heterocycles. The minimum Gasteiger partial charge on any atom is -0.493 e. The Bertz CT molecular complexity index is 480. The maximum absolute atomic E-state index is 5.77. The van der Waals surface area contributed by atoms with E-state index < -0.39 is 0 Å². The molecular formula is C16H20N2O. The molecule has 1 aromatic carbocycles. The summed E-state index contributed by atoms with van der Waals surface area (Å²) in [5, 5.41) is 0. The molecule has 1 unspecified atom stereocenters. The standard InChI is InChI=1S/C16H20N2O/c1-13(17)11-14-4-6-16(7-5-14)19-10-8-15-3-2-9-18-12-15/h2-7,9,12-13H,8,10-11,17H2,1H3. The highest BCUT2D eigenvalue weighted by Gasteiger charge is 1.99. The number of hydrogen-bond acceptors (Lipinski definition) is 3. The van der Waals surface area contributed by atoms with Gasteiger partial charge in [-0.3, -0.25) is 4.98 Å². The number of rotatable bonds is 6. The van der Waals surface area contributed by atoms with E-state index in [0.717, 1.165) is 18.6 Å². The van der Waals surface area contributed by atoms with E-state index >= 15 is 0 Å². The number of benzene rings is 1. The highest BCUT2D eigenvalue weighted by Crippen LogP contribution is 2.13. The van der Waals surface area contributed by atoms with Crippen LogP contribution in [0.2, 0.25) is 0 Å². The zero-order chi connectivity index (χ0) is 13.5. The fraction of sp³-hybridized carbons (Fsp3) is 0.312. The van der Waals surface area contributed by atoms with Gasteiger partial charge >= 0.3 is 0 Å². The average Bonchev–Trinajstić information content (AvgIpc) is 2.41. The molecular weight excluding hydrogens is 236 g/mol. The second-order valence-electron chi connectivity index (χ2n) is 4.79. The monoisotopic (exact) mass is 256 g/mol. The van der Waals surface area contributed by atoms with Crippen LogP contribution in [0, 0.1) is 0 Å². The van der Waals surface area contributed by atoms with Crippen molar-refractivity contribution in [2.24, 2.45) is 5.73 Å².